The zero-order valence-electron chi connectivity index (χ0n) is 25.8. The average Bonchev–Trinajstić information content (AvgIpc) is 3.81. The van der Waals surface area contributed by atoms with Gasteiger partial charge in [0.1, 0.15) is 0 Å². The van der Waals surface area contributed by atoms with E-state index in [1.807, 2.05) is 40.0 Å². The zero-order valence-corrected chi connectivity index (χ0v) is 27.4. The summed E-state index contributed by atoms with van der Waals surface area (Å²) in [5.74, 6) is 2.08. The van der Waals surface area contributed by atoms with E-state index in [1.54, 1.807) is 0 Å². The van der Waals surface area contributed by atoms with E-state index >= 15 is 0 Å². The van der Waals surface area contributed by atoms with Gasteiger partial charge in [-0.2, -0.15) is 0 Å². The van der Waals surface area contributed by atoms with Crippen molar-refractivity contribution in [2.24, 2.45) is 4.99 Å². The van der Waals surface area contributed by atoms with Gasteiger partial charge in [0.05, 0.1) is 5.75 Å². The number of aromatic nitrogens is 1. The Hall–Kier alpha value is -3.48. The van der Waals surface area contributed by atoms with Crippen molar-refractivity contribution in [2.45, 2.75) is 32.2 Å². The van der Waals surface area contributed by atoms with Gasteiger partial charge in [0.15, 0.2) is 18.9 Å². The molecule has 0 aliphatic carbocycles. The molecule has 44 heavy (non-hydrogen) atoms. The summed E-state index contributed by atoms with van der Waals surface area (Å²) in [5, 5.41) is 0. The Labute approximate surface area is 272 Å². The van der Waals surface area contributed by atoms with Gasteiger partial charge in [0.2, 0.25) is 0 Å². The molecule has 0 radical (unpaired) electrons. The monoisotopic (exact) mass is 621 g/mol. The number of nitrogens with zero attached hydrogens (tertiary/aromatic N) is 4. The topological polar surface area (TPSA) is 22.7 Å². The molecule has 2 saturated heterocycles. The predicted molar refractivity (Wildman–Crippen MR) is 197 cm³/mol. The lowest BCUT2D eigenvalue weighted by Crippen LogP contribution is -2.33. The number of aryl methyl sites for hydroxylation is 1. The Kier molecular flexibility index (Phi) is 12.9. The Morgan fingerprint density at radius 3 is 1.80 bits per heavy atom. The van der Waals surface area contributed by atoms with E-state index in [0.29, 0.717) is 0 Å². The highest BCUT2D eigenvalue weighted by Crippen LogP contribution is 2.23. The van der Waals surface area contributed by atoms with Gasteiger partial charge in [-0.1, -0.05) is 82.8 Å². The molecule has 3 heterocycles. The van der Waals surface area contributed by atoms with Crippen LogP contribution in [0.1, 0.15) is 42.4 Å². The highest BCUT2D eigenvalue weighted by Gasteiger charge is 2.12. The molecular weight excluding hydrogens is 577 g/mol. The maximum absolute atomic E-state index is 4.56. The van der Waals surface area contributed by atoms with Crippen LogP contribution in [0.4, 0.5) is 11.4 Å². The third kappa shape index (κ3) is 10.3. The zero-order chi connectivity index (χ0) is 30.2. The van der Waals surface area contributed by atoms with Crippen molar-refractivity contribution in [3.63, 3.8) is 0 Å². The summed E-state index contributed by atoms with van der Waals surface area (Å²) >= 11 is 0. The second-order valence-corrected chi connectivity index (χ2v) is 13.9. The molecule has 0 saturated carbocycles. The van der Waals surface area contributed by atoms with Crippen LogP contribution in [0.25, 0.3) is 18.2 Å². The highest BCUT2D eigenvalue weighted by atomic mass is 33.1. The van der Waals surface area contributed by atoms with E-state index in [4.69, 9.17) is 0 Å². The molecule has 2 aliphatic rings. The molecule has 6 heteroatoms. The van der Waals surface area contributed by atoms with Crippen molar-refractivity contribution >= 4 is 57.4 Å². The van der Waals surface area contributed by atoms with Crippen molar-refractivity contribution in [3.8, 4) is 0 Å². The molecular formula is C38H45N4S2+. The number of hydrogen-bond donors (Lipinski definition) is 0. The molecule has 0 amide bonds. The fourth-order valence-electron chi connectivity index (χ4n) is 5.41. The third-order valence-electron chi connectivity index (χ3n) is 8.01. The molecule has 0 unspecified atom stereocenters. The lowest BCUT2D eigenvalue weighted by atomic mass is 10.1. The highest BCUT2D eigenvalue weighted by molar-refractivity contribution is 8.76. The van der Waals surface area contributed by atoms with Crippen LogP contribution in [0.15, 0.2) is 108 Å². The number of allylic oxidation sites excluding steroid dienone is 4. The maximum Gasteiger partial charge on any atom is 0.169 e. The minimum atomic E-state index is 0.815. The van der Waals surface area contributed by atoms with Crippen LogP contribution in [0, 0.1) is 0 Å². The minimum absolute atomic E-state index is 0.815. The van der Waals surface area contributed by atoms with Crippen LogP contribution in [-0.4, -0.2) is 50.4 Å². The Balaban J connectivity index is 0.945. The fraction of sp³-hybridized carbons (Fsp3) is 0.316. The smallest absolute Gasteiger partial charge is 0.169 e. The Morgan fingerprint density at radius 2 is 1.23 bits per heavy atom. The third-order valence-corrected chi connectivity index (χ3v) is 10.4. The van der Waals surface area contributed by atoms with E-state index in [2.05, 4.69) is 123 Å². The second-order valence-electron chi connectivity index (χ2n) is 11.2. The fourth-order valence-corrected chi connectivity index (χ4v) is 7.27. The molecule has 4 nitrogen and oxygen atoms in total. The molecule has 1 aromatic heterocycles. The number of anilines is 2. The molecule has 228 valence electrons. The van der Waals surface area contributed by atoms with Gasteiger partial charge < -0.3 is 9.80 Å². The molecule has 2 aliphatic heterocycles. The van der Waals surface area contributed by atoms with Gasteiger partial charge in [-0.3, -0.25) is 4.99 Å². The van der Waals surface area contributed by atoms with Crippen LogP contribution in [0.2, 0.25) is 0 Å². The SMILES string of the molecule is C=CC(/C=C/c1ccc(N2CCCC2)cc1)=C\C=N\CCSSCC[n+]1ccc(/C=C/c2ccc(N3CCCC3)cc2)cc1. The standard InChI is InChI=1S/C38H45N4S2/c1-2-33(7-8-34-11-15-37(16-12-34)41-24-3-4-25-41)19-22-39-23-31-43-44-32-30-40-28-20-36(21-29-40)10-9-35-13-17-38(18-14-35)42-26-5-6-27-42/h2,7-22,28-29H,1,3-6,23-27,30-32H2/q+1/b8-7+,33-19+,39-22+. The molecule has 2 fully saturated rings. The summed E-state index contributed by atoms with van der Waals surface area (Å²) in [5.41, 5.74) is 7.40. The quantitative estimate of drug-likeness (QED) is 0.0557. The van der Waals surface area contributed by atoms with Crippen molar-refractivity contribution in [3.05, 3.63) is 120 Å². The first-order valence-electron chi connectivity index (χ1n) is 15.9. The van der Waals surface area contributed by atoms with Gasteiger partial charge >= 0.3 is 0 Å². The largest absolute Gasteiger partial charge is 0.372 e. The number of hydrogen-bond acceptors (Lipinski definition) is 5. The number of rotatable bonds is 15. The molecule has 0 bridgehead atoms. The molecule has 3 aromatic rings. The van der Waals surface area contributed by atoms with E-state index in [9.17, 15) is 0 Å². The number of pyridine rings is 1. The van der Waals surface area contributed by atoms with Crippen molar-refractivity contribution in [1.82, 2.24) is 0 Å². The first kappa shape index (κ1) is 31.9. The normalized spacial score (nSPS) is 15.9. The van der Waals surface area contributed by atoms with Crippen molar-refractivity contribution in [1.29, 1.82) is 0 Å². The summed E-state index contributed by atoms with van der Waals surface area (Å²) in [7, 11) is 3.80. The van der Waals surface area contributed by atoms with Crippen LogP contribution >= 0.6 is 21.6 Å². The summed E-state index contributed by atoms with van der Waals surface area (Å²) in [6.45, 7) is 10.5. The van der Waals surface area contributed by atoms with Crippen molar-refractivity contribution in [2.75, 3.05) is 54.0 Å². The summed E-state index contributed by atoms with van der Waals surface area (Å²) < 4.78 is 2.25. The molecule has 0 spiro atoms. The van der Waals surface area contributed by atoms with Crippen molar-refractivity contribution < 1.29 is 4.57 Å². The number of aliphatic imine (C=N–C) groups is 1. The molecule has 2 aromatic carbocycles. The van der Waals surface area contributed by atoms with Gasteiger partial charge in [-0.05, 0) is 78.3 Å². The van der Waals surface area contributed by atoms with Gasteiger partial charge in [-0.25, -0.2) is 4.57 Å². The Morgan fingerprint density at radius 1 is 0.705 bits per heavy atom. The first-order valence-corrected chi connectivity index (χ1v) is 18.4. The van der Waals surface area contributed by atoms with Crippen LogP contribution in [0.5, 0.6) is 0 Å². The average molecular weight is 622 g/mol. The lowest BCUT2D eigenvalue weighted by Gasteiger charge is -2.17. The predicted octanol–water partition coefficient (Wildman–Crippen LogP) is 8.62. The van der Waals surface area contributed by atoms with Crippen LogP contribution in [-0.2, 0) is 6.54 Å². The molecule has 5 rings (SSSR count). The van der Waals surface area contributed by atoms with Crippen LogP contribution < -0.4 is 14.4 Å². The molecule has 0 atom stereocenters. The maximum atomic E-state index is 4.56. The summed E-state index contributed by atoms with van der Waals surface area (Å²) in [6, 6.07) is 22.1. The second kappa shape index (κ2) is 17.7. The number of benzene rings is 2. The minimum Gasteiger partial charge on any atom is -0.372 e. The van der Waals surface area contributed by atoms with E-state index in [0.717, 1.165) is 30.2 Å². The van der Waals surface area contributed by atoms with Crippen LogP contribution in [0.3, 0.4) is 0 Å². The van der Waals surface area contributed by atoms with E-state index in [1.165, 1.54) is 79.9 Å². The summed E-state index contributed by atoms with van der Waals surface area (Å²) in [6.07, 6.45) is 24.0. The Bertz CT molecular complexity index is 1410. The van der Waals surface area contributed by atoms with Gasteiger partial charge in [-0.15, -0.1) is 0 Å². The molecule has 0 N–H and O–H groups in total. The van der Waals surface area contributed by atoms with Gasteiger partial charge in [0, 0.05) is 68.2 Å². The van der Waals surface area contributed by atoms with Gasteiger partial charge in [0.25, 0.3) is 0 Å². The van der Waals surface area contributed by atoms with E-state index < -0.39 is 0 Å². The summed E-state index contributed by atoms with van der Waals surface area (Å²) in [4.78, 5) is 9.49. The lowest BCUT2D eigenvalue weighted by molar-refractivity contribution is -0.692. The van der Waals surface area contributed by atoms with E-state index in [-0.39, 0.29) is 0 Å². The first-order chi connectivity index (χ1) is 21.8.